The molecule has 0 spiro atoms. The molecule has 3 nitrogen and oxygen atoms in total. The van der Waals surface area contributed by atoms with Crippen molar-refractivity contribution >= 4 is 11.5 Å². The number of aliphatic carboxylic acids is 1. The third-order valence-electron chi connectivity index (χ3n) is 3.17. The molecule has 0 fully saturated rings. The van der Waals surface area contributed by atoms with Gasteiger partial charge in [-0.15, -0.1) is 0 Å². The zero-order valence-corrected chi connectivity index (χ0v) is 11.9. The number of carboxylic acid groups (broad SMARTS) is 1. The standard InChI is InChI=1S/C16H12F4O3/c1-2-9(8-14(21)22)12-6-7-13(23-12)10-4-3-5-11(15(10)17)16(18,19)20/h3-8H,2H2,1H3,(H,21,22)/b9-8+. The molecule has 0 aliphatic heterocycles. The van der Waals surface area contributed by atoms with E-state index in [9.17, 15) is 22.4 Å². The second-order valence-electron chi connectivity index (χ2n) is 4.69. The molecule has 7 heteroatoms. The Hall–Kier alpha value is -2.57. The van der Waals surface area contributed by atoms with Crippen LogP contribution >= 0.6 is 0 Å². The minimum atomic E-state index is -4.81. The quantitative estimate of drug-likeness (QED) is 0.636. The van der Waals surface area contributed by atoms with Crippen LogP contribution in [-0.4, -0.2) is 11.1 Å². The van der Waals surface area contributed by atoms with Gasteiger partial charge in [0, 0.05) is 11.6 Å². The Morgan fingerprint density at radius 1 is 1.26 bits per heavy atom. The first-order chi connectivity index (χ1) is 10.7. The Morgan fingerprint density at radius 2 is 1.96 bits per heavy atom. The lowest BCUT2D eigenvalue weighted by molar-refractivity contribution is -0.140. The van der Waals surface area contributed by atoms with Gasteiger partial charge in [0.2, 0.25) is 0 Å². The summed E-state index contributed by atoms with van der Waals surface area (Å²) >= 11 is 0. The summed E-state index contributed by atoms with van der Waals surface area (Å²) in [7, 11) is 0. The SMILES string of the molecule is CC/C(=C\C(=O)O)c1ccc(-c2cccc(C(F)(F)F)c2F)o1. The van der Waals surface area contributed by atoms with Crippen molar-refractivity contribution in [3.05, 3.63) is 53.5 Å². The van der Waals surface area contributed by atoms with Crippen LogP contribution in [0.4, 0.5) is 17.6 Å². The van der Waals surface area contributed by atoms with Gasteiger partial charge in [-0.3, -0.25) is 0 Å². The molecule has 122 valence electrons. The maximum Gasteiger partial charge on any atom is 0.419 e. The van der Waals surface area contributed by atoms with Gasteiger partial charge in [0.15, 0.2) is 0 Å². The highest BCUT2D eigenvalue weighted by molar-refractivity contribution is 5.89. The number of hydrogen-bond donors (Lipinski definition) is 1. The molecule has 23 heavy (non-hydrogen) atoms. The summed E-state index contributed by atoms with van der Waals surface area (Å²) in [6, 6.07) is 5.59. The highest BCUT2D eigenvalue weighted by Gasteiger charge is 2.35. The van der Waals surface area contributed by atoms with E-state index in [2.05, 4.69) is 0 Å². The molecule has 1 aromatic heterocycles. The lowest BCUT2D eigenvalue weighted by atomic mass is 10.1. The summed E-state index contributed by atoms with van der Waals surface area (Å²) in [6.07, 6.45) is -3.54. The molecular weight excluding hydrogens is 316 g/mol. The van der Waals surface area contributed by atoms with Crippen molar-refractivity contribution in [2.45, 2.75) is 19.5 Å². The van der Waals surface area contributed by atoms with E-state index in [4.69, 9.17) is 9.52 Å². The van der Waals surface area contributed by atoms with E-state index in [1.807, 2.05) is 0 Å². The van der Waals surface area contributed by atoms with Crippen molar-refractivity contribution in [3.8, 4) is 11.3 Å². The predicted molar refractivity (Wildman–Crippen MR) is 75.0 cm³/mol. The molecule has 0 bridgehead atoms. The highest BCUT2D eigenvalue weighted by Crippen LogP contribution is 2.36. The summed E-state index contributed by atoms with van der Waals surface area (Å²) in [5.74, 6) is -2.54. The lowest BCUT2D eigenvalue weighted by Crippen LogP contribution is -2.08. The summed E-state index contributed by atoms with van der Waals surface area (Å²) in [4.78, 5) is 10.7. The molecule has 1 heterocycles. The second kappa shape index (κ2) is 6.28. The molecule has 0 aliphatic carbocycles. The van der Waals surface area contributed by atoms with E-state index in [1.54, 1.807) is 6.92 Å². The van der Waals surface area contributed by atoms with Gasteiger partial charge in [-0.05, 0) is 30.7 Å². The fourth-order valence-electron chi connectivity index (χ4n) is 2.09. The Balaban J connectivity index is 2.48. The van der Waals surface area contributed by atoms with Gasteiger partial charge in [0.1, 0.15) is 17.3 Å². The van der Waals surface area contributed by atoms with E-state index in [0.717, 1.165) is 12.1 Å². The number of rotatable bonds is 4. The van der Waals surface area contributed by atoms with Gasteiger partial charge >= 0.3 is 12.1 Å². The average molecular weight is 328 g/mol. The van der Waals surface area contributed by atoms with Crippen molar-refractivity contribution in [2.75, 3.05) is 0 Å². The van der Waals surface area contributed by atoms with Crippen molar-refractivity contribution in [2.24, 2.45) is 0 Å². The van der Waals surface area contributed by atoms with Crippen LogP contribution in [0.3, 0.4) is 0 Å². The molecule has 0 atom stereocenters. The van der Waals surface area contributed by atoms with Gasteiger partial charge in [0.05, 0.1) is 11.1 Å². The van der Waals surface area contributed by atoms with Crippen LogP contribution in [0.2, 0.25) is 0 Å². The van der Waals surface area contributed by atoms with Crippen molar-refractivity contribution in [1.82, 2.24) is 0 Å². The Bertz CT molecular complexity index is 757. The minimum absolute atomic E-state index is 0.103. The maximum atomic E-state index is 14.1. The van der Waals surface area contributed by atoms with E-state index in [1.165, 1.54) is 18.2 Å². The summed E-state index contributed by atoms with van der Waals surface area (Å²) in [5.41, 5.74) is -1.38. The molecule has 0 radical (unpaired) electrons. The molecule has 1 N–H and O–H groups in total. The number of alkyl halides is 3. The zero-order chi connectivity index (χ0) is 17.2. The topological polar surface area (TPSA) is 50.4 Å². The van der Waals surface area contributed by atoms with E-state index < -0.39 is 23.5 Å². The largest absolute Gasteiger partial charge is 0.478 e. The monoisotopic (exact) mass is 328 g/mol. The number of carbonyl (C=O) groups is 1. The molecule has 2 rings (SSSR count). The van der Waals surface area contributed by atoms with Crippen LogP contribution in [0.25, 0.3) is 16.9 Å². The number of allylic oxidation sites excluding steroid dienone is 1. The molecule has 0 saturated heterocycles. The molecule has 1 aromatic carbocycles. The Labute approximate surface area is 128 Å². The van der Waals surface area contributed by atoms with E-state index >= 15 is 0 Å². The fraction of sp³-hybridized carbons (Fsp3) is 0.188. The van der Waals surface area contributed by atoms with Gasteiger partial charge in [0.25, 0.3) is 0 Å². The zero-order valence-electron chi connectivity index (χ0n) is 11.9. The first kappa shape index (κ1) is 16.8. The first-order valence-electron chi connectivity index (χ1n) is 6.63. The number of hydrogen-bond acceptors (Lipinski definition) is 2. The Morgan fingerprint density at radius 3 is 2.52 bits per heavy atom. The van der Waals surface area contributed by atoms with Crippen LogP contribution in [0.1, 0.15) is 24.7 Å². The van der Waals surface area contributed by atoms with Gasteiger partial charge in [-0.2, -0.15) is 13.2 Å². The number of furan rings is 1. The van der Waals surface area contributed by atoms with Crippen LogP contribution in [0.5, 0.6) is 0 Å². The first-order valence-corrected chi connectivity index (χ1v) is 6.63. The van der Waals surface area contributed by atoms with E-state index in [-0.39, 0.29) is 17.1 Å². The molecular formula is C16H12F4O3. The molecule has 0 unspecified atom stereocenters. The summed E-state index contributed by atoms with van der Waals surface area (Å²) in [5, 5.41) is 8.77. The average Bonchev–Trinajstić information content (AvgIpc) is 2.93. The predicted octanol–water partition coefficient (Wildman–Crippen LogP) is 4.98. The molecule has 0 aliphatic rings. The highest BCUT2D eigenvalue weighted by atomic mass is 19.4. The van der Waals surface area contributed by atoms with Crippen molar-refractivity contribution in [3.63, 3.8) is 0 Å². The number of halogens is 4. The fourth-order valence-corrected chi connectivity index (χ4v) is 2.09. The van der Waals surface area contributed by atoms with Crippen LogP contribution in [0, 0.1) is 5.82 Å². The number of benzene rings is 1. The van der Waals surface area contributed by atoms with Gasteiger partial charge in [-0.1, -0.05) is 13.0 Å². The third kappa shape index (κ3) is 3.61. The normalized spacial score (nSPS) is 12.5. The van der Waals surface area contributed by atoms with Crippen LogP contribution in [-0.2, 0) is 11.0 Å². The van der Waals surface area contributed by atoms with Crippen LogP contribution in [0.15, 0.2) is 40.8 Å². The van der Waals surface area contributed by atoms with E-state index in [0.29, 0.717) is 18.1 Å². The Kier molecular flexibility index (Phi) is 4.58. The van der Waals surface area contributed by atoms with Crippen molar-refractivity contribution < 1.29 is 31.9 Å². The maximum absolute atomic E-state index is 14.1. The smallest absolute Gasteiger partial charge is 0.419 e. The number of carboxylic acids is 1. The van der Waals surface area contributed by atoms with Crippen LogP contribution < -0.4 is 0 Å². The third-order valence-corrected chi connectivity index (χ3v) is 3.17. The second-order valence-corrected chi connectivity index (χ2v) is 4.69. The molecule has 0 saturated carbocycles. The molecule has 2 aromatic rings. The summed E-state index contributed by atoms with van der Waals surface area (Å²) < 4.78 is 57.6. The van der Waals surface area contributed by atoms with Gasteiger partial charge < -0.3 is 9.52 Å². The molecule has 0 amide bonds. The van der Waals surface area contributed by atoms with Crippen molar-refractivity contribution in [1.29, 1.82) is 0 Å². The summed E-state index contributed by atoms with van der Waals surface area (Å²) in [6.45, 7) is 1.70. The lowest BCUT2D eigenvalue weighted by Gasteiger charge is -2.09. The minimum Gasteiger partial charge on any atom is -0.478 e. The van der Waals surface area contributed by atoms with Gasteiger partial charge in [-0.25, -0.2) is 9.18 Å².